The van der Waals surface area contributed by atoms with E-state index in [9.17, 15) is 0 Å². The molecule has 0 heterocycles. The maximum absolute atomic E-state index is 4.46. The number of benzene rings is 2. The quantitative estimate of drug-likeness (QED) is 0.455. The van der Waals surface area contributed by atoms with E-state index in [-0.39, 0.29) is 10.8 Å². The lowest BCUT2D eigenvalue weighted by Crippen LogP contribution is -2.34. The fraction of sp³-hybridized carbons (Fsp3) is 0.444. The molecule has 1 N–H and O–H groups in total. The Morgan fingerprint density at radius 2 is 1.60 bits per heavy atom. The number of fused-ring (bicyclic) bond motifs is 1. The summed E-state index contributed by atoms with van der Waals surface area (Å²) in [4.78, 5) is 2.09. The summed E-state index contributed by atoms with van der Waals surface area (Å²) < 4.78 is 0. The van der Waals surface area contributed by atoms with E-state index in [0.29, 0.717) is 0 Å². The normalized spacial score (nSPS) is 16.9. The SMILES string of the molecule is C=C(N/N=C\c1ccc(N(C)C)cc1)c1cc2c(cc1CC)C(C)(C)CCC2(C)C. The Morgan fingerprint density at radius 1 is 1.03 bits per heavy atom. The van der Waals surface area contributed by atoms with Crippen LogP contribution < -0.4 is 10.3 Å². The molecule has 0 radical (unpaired) electrons. The first-order chi connectivity index (χ1) is 14.0. The van der Waals surface area contributed by atoms with Gasteiger partial charge in [-0.3, -0.25) is 5.43 Å². The summed E-state index contributed by atoms with van der Waals surface area (Å²) in [6, 6.07) is 13.1. The van der Waals surface area contributed by atoms with Gasteiger partial charge in [0.25, 0.3) is 0 Å². The fourth-order valence-electron chi connectivity index (χ4n) is 4.34. The van der Waals surface area contributed by atoms with Crippen LogP contribution in [0.1, 0.15) is 75.3 Å². The zero-order valence-electron chi connectivity index (χ0n) is 19.8. The van der Waals surface area contributed by atoms with Crippen LogP contribution in [0.3, 0.4) is 0 Å². The van der Waals surface area contributed by atoms with Gasteiger partial charge in [-0.2, -0.15) is 5.10 Å². The van der Waals surface area contributed by atoms with E-state index < -0.39 is 0 Å². The van der Waals surface area contributed by atoms with Crippen LogP contribution in [-0.4, -0.2) is 20.3 Å². The van der Waals surface area contributed by atoms with Gasteiger partial charge in [-0.15, -0.1) is 0 Å². The second kappa shape index (κ2) is 8.29. The minimum Gasteiger partial charge on any atom is -0.378 e. The number of hydrazone groups is 1. The highest BCUT2D eigenvalue weighted by Crippen LogP contribution is 2.47. The maximum Gasteiger partial charge on any atom is 0.0565 e. The molecule has 0 aliphatic heterocycles. The summed E-state index contributed by atoms with van der Waals surface area (Å²) in [6.07, 6.45) is 5.27. The first-order valence-electron chi connectivity index (χ1n) is 11.0. The van der Waals surface area contributed by atoms with Crippen molar-refractivity contribution in [2.24, 2.45) is 5.10 Å². The monoisotopic (exact) mass is 403 g/mol. The zero-order chi connectivity index (χ0) is 22.1. The highest BCUT2D eigenvalue weighted by Gasteiger charge is 2.37. The first kappa shape index (κ1) is 22.1. The molecular weight excluding hydrogens is 366 g/mol. The van der Waals surface area contributed by atoms with Crippen LogP contribution in [0.2, 0.25) is 0 Å². The van der Waals surface area contributed by atoms with E-state index in [1.54, 1.807) is 0 Å². The third-order valence-corrected chi connectivity index (χ3v) is 6.61. The molecule has 0 spiro atoms. The summed E-state index contributed by atoms with van der Waals surface area (Å²) >= 11 is 0. The summed E-state index contributed by atoms with van der Waals surface area (Å²) in [6.45, 7) is 16.0. The highest BCUT2D eigenvalue weighted by atomic mass is 15.3. The first-order valence-corrected chi connectivity index (χ1v) is 11.0. The second-order valence-corrected chi connectivity index (χ2v) is 10.0. The average Bonchev–Trinajstić information content (AvgIpc) is 2.71. The summed E-state index contributed by atoms with van der Waals surface area (Å²) in [5.41, 5.74) is 12.1. The average molecular weight is 404 g/mol. The smallest absolute Gasteiger partial charge is 0.0565 e. The van der Waals surface area contributed by atoms with Crippen LogP contribution in [0.15, 0.2) is 48.1 Å². The van der Waals surface area contributed by atoms with Crippen molar-refractivity contribution < 1.29 is 0 Å². The van der Waals surface area contributed by atoms with Crippen LogP contribution in [0.4, 0.5) is 5.69 Å². The van der Waals surface area contributed by atoms with Crippen molar-refractivity contribution in [3.8, 4) is 0 Å². The molecule has 160 valence electrons. The Hall–Kier alpha value is -2.55. The molecule has 0 saturated carbocycles. The van der Waals surface area contributed by atoms with Gasteiger partial charge in [-0.25, -0.2) is 0 Å². The molecule has 3 rings (SSSR count). The predicted molar refractivity (Wildman–Crippen MR) is 132 cm³/mol. The van der Waals surface area contributed by atoms with Crippen molar-refractivity contribution in [2.75, 3.05) is 19.0 Å². The molecule has 2 aromatic rings. The number of nitrogens with zero attached hydrogens (tertiary/aromatic N) is 2. The number of hydrogen-bond acceptors (Lipinski definition) is 3. The third-order valence-electron chi connectivity index (χ3n) is 6.61. The van der Waals surface area contributed by atoms with Crippen LogP contribution in [0.5, 0.6) is 0 Å². The molecule has 0 aromatic heterocycles. The summed E-state index contributed by atoms with van der Waals surface area (Å²) in [5, 5.41) is 4.46. The lowest BCUT2D eigenvalue weighted by Gasteiger charge is -2.42. The van der Waals surface area contributed by atoms with E-state index in [1.807, 2.05) is 20.3 Å². The van der Waals surface area contributed by atoms with Crippen LogP contribution in [0, 0.1) is 0 Å². The van der Waals surface area contributed by atoms with Gasteiger partial charge >= 0.3 is 0 Å². The molecule has 3 nitrogen and oxygen atoms in total. The summed E-state index contributed by atoms with van der Waals surface area (Å²) in [5.74, 6) is 0. The third kappa shape index (κ3) is 4.45. The Labute approximate surface area is 182 Å². The van der Waals surface area contributed by atoms with Crippen LogP contribution in [0.25, 0.3) is 5.70 Å². The molecule has 0 amide bonds. The van der Waals surface area contributed by atoms with E-state index >= 15 is 0 Å². The molecule has 0 saturated heterocycles. The van der Waals surface area contributed by atoms with E-state index in [2.05, 4.69) is 93.0 Å². The fourth-order valence-corrected chi connectivity index (χ4v) is 4.34. The second-order valence-electron chi connectivity index (χ2n) is 10.0. The van der Waals surface area contributed by atoms with Gasteiger partial charge in [0.2, 0.25) is 0 Å². The van der Waals surface area contributed by atoms with Gasteiger partial charge in [-0.1, -0.05) is 59.4 Å². The number of rotatable bonds is 6. The maximum atomic E-state index is 4.46. The molecule has 0 unspecified atom stereocenters. The Balaban J connectivity index is 1.85. The molecule has 3 heteroatoms. The summed E-state index contributed by atoms with van der Waals surface area (Å²) in [7, 11) is 4.09. The number of nitrogens with one attached hydrogen (secondary N) is 1. The lowest BCUT2D eigenvalue weighted by atomic mass is 9.62. The Kier molecular flexibility index (Phi) is 6.12. The van der Waals surface area contributed by atoms with Gasteiger partial charge in [0, 0.05) is 25.3 Å². The molecule has 0 bridgehead atoms. The van der Waals surface area contributed by atoms with Crippen molar-refractivity contribution in [1.82, 2.24) is 5.43 Å². The molecular formula is C27H37N3. The largest absolute Gasteiger partial charge is 0.378 e. The van der Waals surface area contributed by atoms with Crippen LogP contribution in [-0.2, 0) is 17.3 Å². The predicted octanol–water partition coefficient (Wildman–Crippen LogP) is 6.26. The Morgan fingerprint density at radius 3 is 2.13 bits per heavy atom. The molecule has 30 heavy (non-hydrogen) atoms. The van der Waals surface area contributed by atoms with Crippen molar-refractivity contribution >= 4 is 17.6 Å². The minimum atomic E-state index is 0.184. The van der Waals surface area contributed by atoms with Gasteiger partial charge in [0.1, 0.15) is 0 Å². The van der Waals surface area contributed by atoms with Gasteiger partial charge in [0.05, 0.1) is 11.9 Å². The van der Waals surface area contributed by atoms with Gasteiger partial charge in [0.15, 0.2) is 0 Å². The number of anilines is 1. The highest BCUT2D eigenvalue weighted by molar-refractivity contribution is 5.81. The van der Waals surface area contributed by atoms with Crippen molar-refractivity contribution in [1.29, 1.82) is 0 Å². The minimum absolute atomic E-state index is 0.184. The van der Waals surface area contributed by atoms with Crippen LogP contribution >= 0.6 is 0 Å². The van der Waals surface area contributed by atoms with Gasteiger partial charge < -0.3 is 4.90 Å². The molecule has 1 aliphatic carbocycles. The standard InChI is InChI=1S/C27H37N3/c1-9-21-16-24-25(27(5,6)15-14-26(24,3)4)17-23(21)19(2)29-28-18-20-10-12-22(13-11-20)30(7)8/h10-13,16-18,29H,2,9,14-15H2,1,3-8H3/b28-18-. The topological polar surface area (TPSA) is 27.6 Å². The Bertz CT molecular complexity index is 947. The molecule has 0 atom stereocenters. The van der Waals surface area contributed by atoms with Crippen molar-refractivity contribution in [2.45, 2.75) is 64.7 Å². The van der Waals surface area contributed by atoms with Gasteiger partial charge in [-0.05, 0) is 70.5 Å². The van der Waals surface area contributed by atoms with E-state index in [1.165, 1.54) is 40.8 Å². The van der Waals surface area contributed by atoms with Crippen molar-refractivity contribution in [3.63, 3.8) is 0 Å². The zero-order valence-corrected chi connectivity index (χ0v) is 19.8. The van der Waals surface area contributed by atoms with Crippen molar-refractivity contribution in [3.05, 3.63) is 70.8 Å². The molecule has 1 aliphatic rings. The number of hydrogen-bond donors (Lipinski definition) is 1. The van der Waals surface area contributed by atoms with E-state index in [0.717, 1.165) is 17.7 Å². The molecule has 2 aromatic carbocycles. The number of aryl methyl sites for hydroxylation is 1. The lowest BCUT2D eigenvalue weighted by molar-refractivity contribution is 0.331. The molecule has 0 fully saturated rings. The van der Waals surface area contributed by atoms with E-state index in [4.69, 9.17) is 0 Å².